The lowest BCUT2D eigenvalue weighted by Crippen LogP contribution is -2.14. The Morgan fingerprint density at radius 2 is 1.10 bits per heavy atom. The molecule has 0 unspecified atom stereocenters. The van der Waals surface area contributed by atoms with Crippen LogP contribution < -0.4 is 14.2 Å². The highest BCUT2D eigenvalue weighted by Gasteiger charge is 2.14. The number of methoxy groups -OCH3 is 2. The van der Waals surface area contributed by atoms with E-state index >= 15 is 0 Å². The maximum absolute atomic E-state index is 12.7. The molecule has 39 heavy (non-hydrogen) atoms. The second-order valence-electron chi connectivity index (χ2n) is 7.98. The lowest BCUT2D eigenvalue weighted by Gasteiger charge is -2.11. The number of carbonyl (C=O) groups is 1. The van der Waals surface area contributed by atoms with Crippen LogP contribution >= 0.6 is 0 Å². The summed E-state index contributed by atoms with van der Waals surface area (Å²) in [5, 5.41) is 8.47. The van der Waals surface area contributed by atoms with E-state index in [2.05, 4.69) is 10.2 Å². The van der Waals surface area contributed by atoms with Crippen molar-refractivity contribution in [3.05, 3.63) is 78.4 Å². The molecule has 0 radical (unpaired) electrons. The Labute approximate surface area is 228 Å². The van der Waals surface area contributed by atoms with Crippen molar-refractivity contribution in [2.75, 3.05) is 67.1 Å². The molecule has 0 aliphatic rings. The number of benzene rings is 3. The van der Waals surface area contributed by atoms with Crippen molar-refractivity contribution in [3.63, 3.8) is 0 Å². The number of carbonyl (C=O) groups excluding carboxylic acids is 1. The Morgan fingerprint density at radius 1 is 0.590 bits per heavy atom. The van der Waals surface area contributed by atoms with Crippen molar-refractivity contribution in [1.29, 1.82) is 0 Å². The van der Waals surface area contributed by atoms with Crippen LogP contribution in [0.2, 0.25) is 0 Å². The van der Waals surface area contributed by atoms with Crippen LogP contribution in [0.3, 0.4) is 0 Å². The molecule has 0 heterocycles. The molecule has 208 valence electrons. The van der Waals surface area contributed by atoms with Crippen LogP contribution in [-0.4, -0.2) is 73.0 Å². The van der Waals surface area contributed by atoms with E-state index in [1.54, 1.807) is 62.8 Å². The molecule has 0 saturated carbocycles. The first kappa shape index (κ1) is 29.7. The van der Waals surface area contributed by atoms with Crippen LogP contribution in [0.15, 0.2) is 83.0 Å². The van der Waals surface area contributed by atoms with Gasteiger partial charge >= 0.3 is 5.97 Å². The fourth-order valence-electron chi connectivity index (χ4n) is 3.15. The third-order valence-corrected chi connectivity index (χ3v) is 5.12. The van der Waals surface area contributed by atoms with E-state index < -0.39 is 5.97 Å². The van der Waals surface area contributed by atoms with E-state index in [1.807, 2.05) is 24.3 Å². The van der Waals surface area contributed by atoms with E-state index in [-0.39, 0.29) is 0 Å². The maximum atomic E-state index is 12.7. The zero-order chi connectivity index (χ0) is 27.5. The first-order valence-corrected chi connectivity index (χ1v) is 12.5. The molecule has 0 aliphatic heterocycles. The van der Waals surface area contributed by atoms with Crippen LogP contribution in [-0.2, 0) is 18.9 Å². The minimum absolute atomic E-state index is 0.299. The van der Waals surface area contributed by atoms with Gasteiger partial charge in [0.1, 0.15) is 36.0 Å². The summed E-state index contributed by atoms with van der Waals surface area (Å²) in [7, 11) is 3.25. The van der Waals surface area contributed by atoms with Crippen molar-refractivity contribution in [1.82, 2.24) is 0 Å². The van der Waals surface area contributed by atoms with E-state index in [0.717, 1.165) is 5.75 Å². The summed E-state index contributed by atoms with van der Waals surface area (Å²) in [6.45, 7) is 3.71. The van der Waals surface area contributed by atoms with Crippen LogP contribution in [0.25, 0.3) is 0 Å². The molecule has 0 saturated heterocycles. The van der Waals surface area contributed by atoms with Gasteiger partial charge in [-0.3, -0.25) is 0 Å². The Balaban J connectivity index is 1.46. The smallest absolute Gasteiger partial charge is 0.347 e. The summed E-state index contributed by atoms with van der Waals surface area (Å²) in [6.07, 6.45) is 0. The molecule has 10 heteroatoms. The molecular formula is C29H34N2O8. The number of rotatable bonds is 18. The lowest BCUT2D eigenvalue weighted by molar-refractivity contribution is 0.0537. The molecule has 0 fully saturated rings. The Bertz CT molecular complexity index is 1140. The van der Waals surface area contributed by atoms with Gasteiger partial charge in [0.05, 0.1) is 51.0 Å². The van der Waals surface area contributed by atoms with E-state index in [9.17, 15) is 4.79 Å². The van der Waals surface area contributed by atoms with Crippen molar-refractivity contribution in [3.8, 4) is 17.2 Å². The van der Waals surface area contributed by atoms with Gasteiger partial charge in [-0.25, -0.2) is 4.79 Å². The molecule has 10 nitrogen and oxygen atoms in total. The fraction of sp³-hybridized carbons (Fsp3) is 0.345. The van der Waals surface area contributed by atoms with Gasteiger partial charge in [-0.15, -0.1) is 0 Å². The fourth-order valence-corrected chi connectivity index (χ4v) is 3.15. The zero-order valence-corrected chi connectivity index (χ0v) is 22.2. The zero-order valence-electron chi connectivity index (χ0n) is 22.2. The van der Waals surface area contributed by atoms with Gasteiger partial charge in [0.15, 0.2) is 0 Å². The van der Waals surface area contributed by atoms with Gasteiger partial charge in [0.25, 0.3) is 0 Å². The van der Waals surface area contributed by atoms with E-state index in [4.69, 9.17) is 33.2 Å². The Kier molecular flexibility index (Phi) is 13.4. The van der Waals surface area contributed by atoms with Crippen molar-refractivity contribution in [2.45, 2.75) is 0 Å². The average molecular weight is 539 g/mol. The molecule has 0 aromatic heterocycles. The van der Waals surface area contributed by atoms with E-state index in [0.29, 0.717) is 81.3 Å². The molecule has 0 amide bonds. The molecule has 3 rings (SSSR count). The number of azo groups is 1. The van der Waals surface area contributed by atoms with Crippen LogP contribution in [0.5, 0.6) is 17.2 Å². The molecule has 3 aromatic carbocycles. The number of ether oxygens (including phenoxy) is 7. The highest BCUT2D eigenvalue weighted by Crippen LogP contribution is 2.25. The predicted octanol–water partition coefficient (Wildman–Crippen LogP) is 5.40. The molecule has 0 bridgehead atoms. The summed E-state index contributed by atoms with van der Waals surface area (Å²) in [5.74, 6) is 1.00. The lowest BCUT2D eigenvalue weighted by atomic mass is 10.2. The number of hydrogen-bond acceptors (Lipinski definition) is 10. The highest BCUT2D eigenvalue weighted by atomic mass is 16.6. The summed E-state index contributed by atoms with van der Waals surface area (Å²) >= 11 is 0. The van der Waals surface area contributed by atoms with Crippen molar-refractivity contribution in [2.24, 2.45) is 10.2 Å². The second-order valence-corrected chi connectivity index (χ2v) is 7.98. The second kappa shape index (κ2) is 17.6. The van der Waals surface area contributed by atoms with Crippen molar-refractivity contribution < 1.29 is 38.0 Å². The Hall–Kier alpha value is -3.83. The average Bonchev–Trinajstić information content (AvgIpc) is 2.97. The minimum Gasteiger partial charge on any atom is -0.491 e. The number of nitrogens with zero attached hydrogens (tertiary/aromatic N) is 2. The largest absolute Gasteiger partial charge is 0.491 e. The molecule has 0 atom stereocenters. The van der Waals surface area contributed by atoms with E-state index in [1.165, 1.54) is 0 Å². The number of hydrogen-bond donors (Lipinski definition) is 0. The maximum Gasteiger partial charge on any atom is 0.347 e. The summed E-state index contributed by atoms with van der Waals surface area (Å²) < 4.78 is 37.5. The molecule has 0 aliphatic carbocycles. The summed E-state index contributed by atoms with van der Waals surface area (Å²) in [5.41, 5.74) is 1.61. The van der Waals surface area contributed by atoms with Crippen LogP contribution in [0, 0.1) is 0 Å². The standard InChI is InChI=1S/C29H34N2O8/c1-33-15-17-35-19-21-37-25-11-7-23(8-12-25)30-31-24-9-13-26(14-10-24)39-29(32)27-5-3-4-6-28(27)38-22-20-36-18-16-34-2/h3-14H,15-22H2,1-2H3. The first-order chi connectivity index (χ1) is 19.2. The SMILES string of the molecule is COCCOCCOc1ccc(N=Nc2ccc(OC(=O)c3ccccc3OCCOCCOC)cc2)cc1. The van der Waals surface area contributed by atoms with Gasteiger partial charge < -0.3 is 33.2 Å². The van der Waals surface area contributed by atoms with Gasteiger partial charge in [0, 0.05) is 14.2 Å². The summed E-state index contributed by atoms with van der Waals surface area (Å²) in [4.78, 5) is 12.7. The quantitative estimate of drug-likeness (QED) is 0.0917. The molecule has 0 N–H and O–H groups in total. The van der Waals surface area contributed by atoms with Gasteiger partial charge in [0.2, 0.25) is 0 Å². The molecular weight excluding hydrogens is 504 g/mol. The highest BCUT2D eigenvalue weighted by molar-refractivity contribution is 5.94. The summed E-state index contributed by atoms with van der Waals surface area (Å²) in [6, 6.07) is 20.9. The van der Waals surface area contributed by atoms with Gasteiger partial charge in [-0.05, 0) is 60.7 Å². The normalized spacial score (nSPS) is 11.0. The first-order valence-electron chi connectivity index (χ1n) is 12.5. The third kappa shape index (κ3) is 11.2. The van der Waals surface area contributed by atoms with Gasteiger partial charge in [-0.2, -0.15) is 10.2 Å². The molecule has 3 aromatic rings. The van der Waals surface area contributed by atoms with Gasteiger partial charge in [-0.1, -0.05) is 12.1 Å². The Morgan fingerprint density at radius 3 is 1.69 bits per heavy atom. The third-order valence-electron chi connectivity index (χ3n) is 5.12. The van der Waals surface area contributed by atoms with Crippen LogP contribution in [0.1, 0.15) is 10.4 Å². The van der Waals surface area contributed by atoms with Crippen molar-refractivity contribution >= 4 is 17.3 Å². The van der Waals surface area contributed by atoms with Crippen LogP contribution in [0.4, 0.5) is 11.4 Å². The number of para-hydroxylation sites is 1. The predicted molar refractivity (Wildman–Crippen MR) is 145 cm³/mol. The minimum atomic E-state index is -0.524. The number of esters is 1. The monoisotopic (exact) mass is 538 g/mol. The topological polar surface area (TPSA) is 106 Å². The molecule has 0 spiro atoms.